The van der Waals surface area contributed by atoms with Crippen LogP contribution in [0.3, 0.4) is 0 Å². The Kier molecular flexibility index (Phi) is 22.2. The molecule has 0 heterocycles. The van der Waals surface area contributed by atoms with Crippen LogP contribution in [0.4, 0.5) is 0 Å². The fourth-order valence-electron chi connectivity index (χ4n) is 3.68. The molecule has 0 saturated carbocycles. The molecule has 0 aliphatic heterocycles. The lowest BCUT2D eigenvalue weighted by atomic mass is 9.91. The van der Waals surface area contributed by atoms with Crippen molar-refractivity contribution in [1.82, 2.24) is 5.32 Å². The summed E-state index contributed by atoms with van der Waals surface area (Å²) >= 11 is 0. The van der Waals surface area contributed by atoms with Gasteiger partial charge in [0.25, 0.3) is 0 Å². The van der Waals surface area contributed by atoms with Gasteiger partial charge in [-0.05, 0) is 38.1 Å². The first-order chi connectivity index (χ1) is 13.7. The van der Waals surface area contributed by atoms with E-state index in [0.29, 0.717) is 19.6 Å². The Morgan fingerprint density at radius 1 is 0.786 bits per heavy atom. The van der Waals surface area contributed by atoms with E-state index in [4.69, 9.17) is 9.84 Å². The normalized spacial score (nSPS) is 11.3. The number of carbonyl (C=O) groups excluding carboxylic acids is 1. The molecule has 28 heavy (non-hydrogen) atoms. The molecule has 0 aromatic heterocycles. The van der Waals surface area contributed by atoms with E-state index in [1.807, 2.05) is 0 Å². The Labute approximate surface area is 175 Å². The van der Waals surface area contributed by atoms with Gasteiger partial charge in [-0.25, -0.2) is 0 Å². The standard InChI is InChI=1S/C24H49NO3/c1-3-5-10-15-23(16-11-6-4-2)17-14-22-28-24(27)18-12-8-7-9-13-19-25-20-21-26/h23,25-26H,3-22H2,1-2H3. The smallest absolute Gasteiger partial charge is 0.305 e. The molecule has 0 unspecified atom stereocenters. The summed E-state index contributed by atoms with van der Waals surface area (Å²) in [5.74, 6) is 0.807. The Balaban J connectivity index is 3.59. The second-order valence-corrected chi connectivity index (χ2v) is 8.21. The van der Waals surface area contributed by atoms with Crippen molar-refractivity contribution in [3.63, 3.8) is 0 Å². The largest absolute Gasteiger partial charge is 0.466 e. The molecule has 0 spiro atoms. The lowest BCUT2D eigenvalue weighted by Crippen LogP contribution is -2.19. The third kappa shape index (κ3) is 20.1. The van der Waals surface area contributed by atoms with E-state index in [-0.39, 0.29) is 12.6 Å². The van der Waals surface area contributed by atoms with E-state index in [9.17, 15) is 4.79 Å². The lowest BCUT2D eigenvalue weighted by molar-refractivity contribution is -0.144. The molecule has 4 nitrogen and oxygen atoms in total. The molecular weight excluding hydrogens is 350 g/mol. The Morgan fingerprint density at radius 3 is 2.04 bits per heavy atom. The Morgan fingerprint density at radius 2 is 1.39 bits per heavy atom. The fourth-order valence-corrected chi connectivity index (χ4v) is 3.68. The van der Waals surface area contributed by atoms with Gasteiger partial charge in [-0.3, -0.25) is 4.79 Å². The van der Waals surface area contributed by atoms with E-state index in [1.165, 1.54) is 70.6 Å². The van der Waals surface area contributed by atoms with E-state index in [0.717, 1.165) is 38.1 Å². The number of aliphatic hydroxyl groups is 1. The number of hydrogen-bond donors (Lipinski definition) is 2. The number of esters is 1. The molecule has 0 aliphatic rings. The average Bonchev–Trinajstić information content (AvgIpc) is 2.69. The van der Waals surface area contributed by atoms with Gasteiger partial charge < -0.3 is 15.2 Å². The van der Waals surface area contributed by atoms with Crippen LogP contribution in [-0.2, 0) is 9.53 Å². The zero-order valence-corrected chi connectivity index (χ0v) is 19.0. The topological polar surface area (TPSA) is 58.6 Å². The zero-order chi connectivity index (χ0) is 20.7. The van der Waals surface area contributed by atoms with Crippen LogP contribution in [0.2, 0.25) is 0 Å². The van der Waals surface area contributed by atoms with Crippen molar-refractivity contribution in [1.29, 1.82) is 0 Å². The number of rotatable bonds is 22. The van der Waals surface area contributed by atoms with Crippen molar-refractivity contribution in [2.24, 2.45) is 5.92 Å². The van der Waals surface area contributed by atoms with Crippen LogP contribution in [0.1, 0.15) is 117 Å². The first-order valence-electron chi connectivity index (χ1n) is 12.2. The van der Waals surface area contributed by atoms with E-state index >= 15 is 0 Å². The van der Waals surface area contributed by atoms with Crippen LogP contribution >= 0.6 is 0 Å². The van der Waals surface area contributed by atoms with Crippen LogP contribution < -0.4 is 5.32 Å². The van der Waals surface area contributed by atoms with Gasteiger partial charge in [0.15, 0.2) is 0 Å². The van der Waals surface area contributed by atoms with Gasteiger partial charge in [-0.2, -0.15) is 0 Å². The minimum atomic E-state index is -0.0156. The van der Waals surface area contributed by atoms with E-state index in [1.54, 1.807) is 0 Å². The molecule has 4 heteroatoms. The van der Waals surface area contributed by atoms with Crippen molar-refractivity contribution in [3.8, 4) is 0 Å². The SMILES string of the molecule is CCCCCC(CCCCC)CCCOC(=O)CCCCCCCNCCO. The van der Waals surface area contributed by atoms with Crippen LogP contribution in [0.5, 0.6) is 0 Å². The quantitative estimate of drug-likeness (QED) is 0.173. The van der Waals surface area contributed by atoms with Crippen LogP contribution in [0.25, 0.3) is 0 Å². The highest BCUT2D eigenvalue weighted by atomic mass is 16.5. The molecule has 0 atom stereocenters. The highest BCUT2D eigenvalue weighted by Crippen LogP contribution is 2.22. The molecule has 0 aromatic carbocycles. The number of hydrogen-bond acceptors (Lipinski definition) is 4. The molecule has 0 fully saturated rings. The summed E-state index contributed by atoms with van der Waals surface area (Å²) in [5, 5.41) is 11.9. The summed E-state index contributed by atoms with van der Waals surface area (Å²) in [6.45, 7) is 7.00. The predicted molar refractivity (Wildman–Crippen MR) is 120 cm³/mol. The molecule has 2 N–H and O–H groups in total. The van der Waals surface area contributed by atoms with Gasteiger partial charge in [-0.1, -0.05) is 84.5 Å². The Bertz CT molecular complexity index is 313. The maximum Gasteiger partial charge on any atom is 0.305 e. The van der Waals surface area contributed by atoms with Gasteiger partial charge in [0.05, 0.1) is 13.2 Å². The van der Waals surface area contributed by atoms with Crippen LogP contribution in [-0.4, -0.2) is 37.4 Å². The molecule has 0 rings (SSSR count). The fraction of sp³-hybridized carbons (Fsp3) is 0.958. The molecule has 0 aromatic rings. The first kappa shape index (κ1) is 27.4. The maximum absolute atomic E-state index is 11.9. The van der Waals surface area contributed by atoms with Crippen LogP contribution in [0, 0.1) is 5.92 Å². The molecule has 0 bridgehead atoms. The third-order valence-corrected chi connectivity index (χ3v) is 5.47. The summed E-state index contributed by atoms with van der Waals surface area (Å²) in [5.41, 5.74) is 0. The summed E-state index contributed by atoms with van der Waals surface area (Å²) < 4.78 is 5.44. The molecule has 0 amide bonds. The Hall–Kier alpha value is -0.610. The summed E-state index contributed by atoms with van der Waals surface area (Å²) in [7, 11) is 0. The van der Waals surface area contributed by atoms with Crippen molar-refractivity contribution in [2.75, 3.05) is 26.3 Å². The number of aliphatic hydroxyl groups excluding tert-OH is 1. The highest BCUT2D eigenvalue weighted by molar-refractivity contribution is 5.69. The van der Waals surface area contributed by atoms with E-state index < -0.39 is 0 Å². The van der Waals surface area contributed by atoms with Gasteiger partial charge in [-0.15, -0.1) is 0 Å². The summed E-state index contributed by atoms with van der Waals surface area (Å²) in [4.78, 5) is 11.9. The monoisotopic (exact) mass is 399 g/mol. The molecular formula is C24H49NO3. The van der Waals surface area contributed by atoms with Crippen molar-refractivity contribution in [2.45, 2.75) is 117 Å². The number of carbonyl (C=O) groups is 1. The minimum Gasteiger partial charge on any atom is -0.466 e. The molecule has 0 aliphatic carbocycles. The minimum absolute atomic E-state index is 0.0156. The van der Waals surface area contributed by atoms with Gasteiger partial charge in [0, 0.05) is 13.0 Å². The maximum atomic E-state index is 11.9. The lowest BCUT2D eigenvalue weighted by Gasteiger charge is -2.16. The molecule has 0 radical (unpaired) electrons. The van der Waals surface area contributed by atoms with Gasteiger partial charge in [0.2, 0.25) is 0 Å². The van der Waals surface area contributed by atoms with Crippen molar-refractivity contribution < 1.29 is 14.6 Å². The number of nitrogens with one attached hydrogen (secondary N) is 1. The highest BCUT2D eigenvalue weighted by Gasteiger charge is 2.09. The third-order valence-electron chi connectivity index (χ3n) is 5.47. The van der Waals surface area contributed by atoms with Gasteiger partial charge in [0.1, 0.15) is 0 Å². The molecule has 168 valence electrons. The zero-order valence-electron chi connectivity index (χ0n) is 19.0. The predicted octanol–water partition coefficient (Wildman–Crippen LogP) is 6.01. The average molecular weight is 400 g/mol. The molecule has 0 saturated heterocycles. The van der Waals surface area contributed by atoms with Crippen molar-refractivity contribution in [3.05, 3.63) is 0 Å². The van der Waals surface area contributed by atoms with Gasteiger partial charge >= 0.3 is 5.97 Å². The summed E-state index contributed by atoms with van der Waals surface area (Å²) in [6, 6.07) is 0. The summed E-state index contributed by atoms with van der Waals surface area (Å²) in [6.07, 6.45) is 19.0. The van der Waals surface area contributed by atoms with E-state index in [2.05, 4.69) is 19.2 Å². The second-order valence-electron chi connectivity index (χ2n) is 8.21. The van der Waals surface area contributed by atoms with Crippen molar-refractivity contribution >= 4 is 5.97 Å². The second kappa shape index (κ2) is 22.7. The number of unbranched alkanes of at least 4 members (excludes halogenated alkanes) is 8. The van der Waals surface area contributed by atoms with Crippen LogP contribution in [0.15, 0.2) is 0 Å². The first-order valence-corrected chi connectivity index (χ1v) is 12.2. The number of ether oxygens (including phenoxy) is 1.